The zero-order chi connectivity index (χ0) is 13.5. The molecule has 0 aliphatic rings. The van der Waals surface area contributed by atoms with E-state index in [1.165, 1.54) is 18.2 Å². The molecular weight excluding hydrogens is 226 g/mol. The molecule has 1 rings (SSSR count). The normalized spacial score (nSPS) is 11.7. The molecule has 0 aliphatic carbocycles. The smallest absolute Gasteiger partial charge is 0.333 e. The highest BCUT2D eigenvalue weighted by molar-refractivity contribution is 5.87. The molecule has 3 nitrogen and oxygen atoms in total. The number of likely N-dealkylation sites (N-methyl/N-ethyl adjacent to an activating group) is 1. The van der Waals surface area contributed by atoms with Crippen LogP contribution in [0.3, 0.4) is 0 Å². The van der Waals surface area contributed by atoms with Crippen molar-refractivity contribution in [1.29, 1.82) is 0 Å². The minimum atomic E-state index is -0.265. The molecule has 1 aromatic rings. The van der Waals surface area contributed by atoms with Crippen LogP contribution in [0.5, 0.6) is 0 Å². The largest absolute Gasteiger partial charge is 0.466 e. The lowest BCUT2D eigenvalue weighted by Crippen LogP contribution is -2.18. The number of nitrogens with zero attached hydrogens (tertiary/aromatic N) is 1. The molecule has 0 saturated carbocycles. The van der Waals surface area contributed by atoms with Crippen LogP contribution in [0.2, 0.25) is 0 Å². The van der Waals surface area contributed by atoms with Crippen molar-refractivity contribution in [1.82, 2.24) is 4.90 Å². The summed E-state index contributed by atoms with van der Waals surface area (Å²) in [6.07, 6.45) is 1.89. The number of rotatable bonds is 5. The molecule has 3 heteroatoms. The molecule has 0 bridgehead atoms. The van der Waals surface area contributed by atoms with Crippen molar-refractivity contribution in [3.63, 3.8) is 0 Å². The van der Waals surface area contributed by atoms with Gasteiger partial charge in [0.25, 0.3) is 0 Å². The molecule has 0 heterocycles. The van der Waals surface area contributed by atoms with Gasteiger partial charge in [0.15, 0.2) is 0 Å². The van der Waals surface area contributed by atoms with Crippen molar-refractivity contribution in [2.24, 2.45) is 0 Å². The van der Waals surface area contributed by atoms with Gasteiger partial charge < -0.3 is 4.74 Å². The minimum absolute atomic E-state index is 0.265. The highest BCUT2D eigenvalue weighted by Gasteiger charge is 2.04. The zero-order valence-electron chi connectivity index (χ0n) is 11.6. The van der Waals surface area contributed by atoms with Gasteiger partial charge in [-0.05, 0) is 26.5 Å². The molecule has 0 unspecified atom stereocenters. The van der Waals surface area contributed by atoms with Gasteiger partial charge in [-0.25, -0.2) is 4.79 Å². The van der Waals surface area contributed by atoms with E-state index in [0.29, 0.717) is 5.57 Å². The molecular formula is C15H21NO2. The van der Waals surface area contributed by atoms with E-state index in [1.54, 1.807) is 6.92 Å². The van der Waals surface area contributed by atoms with Gasteiger partial charge in [-0.15, -0.1) is 0 Å². The van der Waals surface area contributed by atoms with Gasteiger partial charge in [0.05, 0.1) is 7.11 Å². The van der Waals surface area contributed by atoms with Crippen LogP contribution in [-0.2, 0) is 16.1 Å². The molecule has 0 spiro atoms. The maximum absolute atomic E-state index is 11.2. The maximum atomic E-state index is 11.2. The molecule has 98 valence electrons. The Morgan fingerprint density at radius 2 is 2.17 bits per heavy atom. The fourth-order valence-corrected chi connectivity index (χ4v) is 1.72. The van der Waals surface area contributed by atoms with Crippen LogP contribution in [0.15, 0.2) is 35.9 Å². The highest BCUT2D eigenvalue weighted by atomic mass is 16.5. The Morgan fingerprint density at radius 3 is 2.78 bits per heavy atom. The molecule has 0 radical (unpaired) electrons. The van der Waals surface area contributed by atoms with E-state index in [9.17, 15) is 4.79 Å². The second-order valence-corrected chi connectivity index (χ2v) is 4.56. The number of esters is 1. The Hall–Kier alpha value is -1.61. The molecule has 0 amide bonds. The predicted octanol–water partition coefficient (Wildman–Crippen LogP) is 2.55. The van der Waals surface area contributed by atoms with E-state index >= 15 is 0 Å². The molecule has 0 N–H and O–H groups in total. The zero-order valence-corrected chi connectivity index (χ0v) is 11.6. The second kappa shape index (κ2) is 6.97. The Labute approximate surface area is 109 Å². The first-order valence-corrected chi connectivity index (χ1v) is 6.02. The monoisotopic (exact) mass is 247 g/mol. The fourth-order valence-electron chi connectivity index (χ4n) is 1.72. The molecule has 1 aromatic carbocycles. The van der Waals surface area contributed by atoms with Gasteiger partial charge in [0.2, 0.25) is 0 Å². The average Bonchev–Trinajstić information content (AvgIpc) is 2.35. The molecule has 0 fully saturated rings. The summed E-state index contributed by atoms with van der Waals surface area (Å²) in [7, 11) is 3.43. The summed E-state index contributed by atoms with van der Waals surface area (Å²) in [5.74, 6) is -0.265. The van der Waals surface area contributed by atoms with Crippen molar-refractivity contribution in [3.05, 3.63) is 47.0 Å². The lowest BCUT2D eigenvalue weighted by molar-refractivity contribution is -0.136. The highest BCUT2D eigenvalue weighted by Crippen LogP contribution is 2.07. The fraction of sp³-hybridized carbons (Fsp3) is 0.400. The third-order valence-corrected chi connectivity index (χ3v) is 2.75. The number of carbonyl (C=O) groups excluding carboxylic acids is 1. The topological polar surface area (TPSA) is 29.5 Å². The molecule has 0 saturated heterocycles. The lowest BCUT2D eigenvalue weighted by atomic mass is 10.1. The first-order chi connectivity index (χ1) is 8.52. The van der Waals surface area contributed by atoms with Crippen LogP contribution < -0.4 is 0 Å². The van der Waals surface area contributed by atoms with Crippen molar-refractivity contribution in [2.45, 2.75) is 20.4 Å². The van der Waals surface area contributed by atoms with Gasteiger partial charge in [-0.3, -0.25) is 4.90 Å². The van der Waals surface area contributed by atoms with Crippen LogP contribution in [-0.4, -0.2) is 31.6 Å². The third-order valence-electron chi connectivity index (χ3n) is 2.75. The van der Waals surface area contributed by atoms with Gasteiger partial charge in [-0.2, -0.15) is 0 Å². The SMILES string of the molecule is COC(=O)C(C)=CCN(C)Cc1cccc(C)c1. The van der Waals surface area contributed by atoms with E-state index in [4.69, 9.17) is 0 Å². The summed E-state index contributed by atoms with van der Waals surface area (Å²) in [4.78, 5) is 13.4. The van der Waals surface area contributed by atoms with Gasteiger partial charge in [-0.1, -0.05) is 35.9 Å². The molecule has 0 atom stereocenters. The Bertz CT molecular complexity index is 438. The quantitative estimate of drug-likeness (QED) is 0.591. The average molecular weight is 247 g/mol. The number of aryl methyl sites for hydroxylation is 1. The first-order valence-electron chi connectivity index (χ1n) is 6.02. The summed E-state index contributed by atoms with van der Waals surface area (Å²) in [5.41, 5.74) is 3.19. The predicted molar refractivity (Wildman–Crippen MR) is 73.3 cm³/mol. The number of hydrogen-bond acceptors (Lipinski definition) is 3. The number of hydrogen-bond donors (Lipinski definition) is 0. The lowest BCUT2D eigenvalue weighted by Gasteiger charge is -2.15. The minimum Gasteiger partial charge on any atom is -0.466 e. The van der Waals surface area contributed by atoms with Crippen LogP contribution >= 0.6 is 0 Å². The van der Waals surface area contributed by atoms with E-state index in [0.717, 1.165) is 13.1 Å². The Kier molecular flexibility index (Phi) is 5.59. The Morgan fingerprint density at radius 1 is 1.44 bits per heavy atom. The van der Waals surface area contributed by atoms with Gasteiger partial charge in [0.1, 0.15) is 0 Å². The van der Waals surface area contributed by atoms with Crippen LogP contribution in [0.4, 0.5) is 0 Å². The van der Waals surface area contributed by atoms with Crippen LogP contribution in [0.25, 0.3) is 0 Å². The third kappa shape index (κ3) is 4.72. The number of methoxy groups -OCH3 is 1. The second-order valence-electron chi connectivity index (χ2n) is 4.56. The van der Waals surface area contributed by atoms with Crippen LogP contribution in [0.1, 0.15) is 18.1 Å². The van der Waals surface area contributed by atoms with E-state index < -0.39 is 0 Å². The van der Waals surface area contributed by atoms with Gasteiger partial charge >= 0.3 is 5.97 Å². The summed E-state index contributed by atoms with van der Waals surface area (Å²) in [6.45, 7) is 5.46. The van der Waals surface area contributed by atoms with Crippen molar-refractivity contribution < 1.29 is 9.53 Å². The van der Waals surface area contributed by atoms with E-state index in [1.807, 2.05) is 13.1 Å². The van der Waals surface area contributed by atoms with Crippen LogP contribution in [0, 0.1) is 6.92 Å². The molecule has 0 aliphatic heterocycles. The summed E-state index contributed by atoms with van der Waals surface area (Å²) >= 11 is 0. The van der Waals surface area contributed by atoms with E-state index in [-0.39, 0.29) is 5.97 Å². The standard InChI is InChI=1S/C15H21NO2/c1-12-6-5-7-14(10-12)11-16(3)9-8-13(2)15(17)18-4/h5-8,10H,9,11H2,1-4H3. The van der Waals surface area contributed by atoms with Crippen molar-refractivity contribution >= 4 is 5.97 Å². The summed E-state index contributed by atoms with van der Waals surface area (Å²) < 4.78 is 4.65. The number of benzene rings is 1. The number of carbonyl (C=O) groups is 1. The van der Waals surface area contributed by atoms with Crippen molar-refractivity contribution in [2.75, 3.05) is 20.7 Å². The first kappa shape index (κ1) is 14.5. The van der Waals surface area contributed by atoms with Crippen molar-refractivity contribution in [3.8, 4) is 0 Å². The van der Waals surface area contributed by atoms with E-state index in [2.05, 4.69) is 40.8 Å². The Balaban J connectivity index is 2.52. The molecule has 18 heavy (non-hydrogen) atoms. The molecule has 0 aromatic heterocycles. The maximum Gasteiger partial charge on any atom is 0.333 e. The summed E-state index contributed by atoms with van der Waals surface area (Å²) in [6, 6.07) is 8.44. The number of ether oxygens (including phenoxy) is 1. The summed E-state index contributed by atoms with van der Waals surface area (Å²) in [5, 5.41) is 0. The van der Waals surface area contributed by atoms with Gasteiger partial charge in [0, 0.05) is 18.7 Å².